The van der Waals surface area contributed by atoms with Crippen molar-refractivity contribution in [3.05, 3.63) is 56.2 Å². The number of aryl methyl sites for hydroxylation is 2. The highest BCUT2D eigenvalue weighted by Crippen LogP contribution is 2.33. The first-order valence-electron chi connectivity index (χ1n) is 6.78. The van der Waals surface area contributed by atoms with Crippen molar-refractivity contribution in [1.82, 2.24) is 15.0 Å². The minimum Gasteiger partial charge on any atom is -0.496 e. The third-order valence-corrected chi connectivity index (χ3v) is 3.52. The maximum Gasteiger partial charge on any atom is 0.327 e. The molecule has 0 fully saturated rings. The van der Waals surface area contributed by atoms with Crippen LogP contribution in [0.3, 0.4) is 0 Å². The molecule has 0 spiro atoms. The molecule has 6 nitrogen and oxygen atoms in total. The number of methoxy groups -OCH3 is 1. The number of nitrogens with one attached hydrogen (secondary N) is 2. The third kappa shape index (κ3) is 2.28. The summed E-state index contributed by atoms with van der Waals surface area (Å²) in [7, 11) is 1.60. The van der Waals surface area contributed by atoms with E-state index in [1.807, 2.05) is 26.0 Å². The maximum atomic E-state index is 11.7. The number of fused-ring (bicyclic) bond motifs is 1. The fourth-order valence-corrected chi connectivity index (χ4v) is 2.60. The minimum atomic E-state index is -0.574. The van der Waals surface area contributed by atoms with Gasteiger partial charge in [0.1, 0.15) is 11.4 Å². The molecule has 0 bridgehead atoms. The van der Waals surface area contributed by atoms with Crippen LogP contribution in [0.5, 0.6) is 5.75 Å². The van der Waals surface area contributed by atoms with Crippen LogP contribution in [0.1, 0.15) is 11.1 Å². The third-order valence-electron chi connectivity index (χ3n) is 3.52. The highest BCUT2D eigenvalue weighted by Gasteiger charge is 2.13. The number of nitrogens with zero attached hydrogens (tertiary/aromatic N) is 1. The monoisotopic (exact) mass is 297 g/mol. The molecular weight excluding hydrogens is 282 g/mol. The number of aromatic amines is 2. The van der Waals surface area contributed by atoms with Gasteiger partial charge in [0, 0.05) is 5.56 Å². The molecule has 1 aromatic carbocycles. The van der Waals surface area contributed by atoms with Crippen LogP contribution in [0.25, 0.3) is 22.3 Å². The van der Waals surface area contributed by atoms with Gasteiger partial charge in [-0.05, 0) is 43.2 Å². The van der Waals surface area contributed by atoms with Crippen molar-refractivity contribution in [2.24, 2.45) is 0 Å². The number of ether oxygens (including phenoxy) is 1. The lowest BCUT2D eigenvalue weighted by atomic mass is 10.0. The Labute approximate surface area is 125 Å². The van der Waals surface area contributed by atoms with Crippen LogP contribution in [0.15, 0.2) is 33.9 Å². The molecule has 0 saturated carbocycles. The highest BCUT2D eigenvalue weighted by atomic mass is 16.5. The van der Waals surface area contributed by atoms with Crippen molar-refractivity contribution in [2.75, 3.05) is 7.11 Å². The van der Waals surface area contributed by atoms with Gasteiger partial charge >= 0.3 is 5.69 Å². The van der Waals surface area contributed by atoms with Gasteiger partial charge in [-0.3, -0.25) is 14.8 Å². The predicted octanol–water partition coefficient (Wildman–Crippen LogP) is 1.90. The fraction of sp³-hybridized carbons (Fsp3) is 0.188. The van der Waals surface area contributed by atoms with Gasteiger partial charge in [-0.1, -0.05) is 6.07 Å². The average Bonchev–Trinajstić information content (AvgIpc) is 2.45. The van der Waals surface area contributed by atoms with Crippen molar-refractivity contribution < 1.29 is 4.74 Å². The maximum absolute atomic E-state index is 11.7. The molecule has 2 heterocycles. The summed E-state index contributed by atoms with van der Waals surface area (Å²) in [4.78, 5) is 32.3. The first-order chi connectivity index (χ1) is 10.5. The van der Waals surface area contributed by atoms with Crippen molar-refractivity contribution in [3.63, 3.8) is 0 Å². The SMILES string of the molecule is COc1cc(C)cc(C)c1-c1ccc2c(=O)[nH]c(=O)[nH]c2n1. The Hall–Kier alpha value is -2.89. The molecule has 6 heteroatoms. The Kier molecular flexibility index (Phi) is 3.29. The number of pyridine rings is 1. The first kappa shape index (κ1) is 14.1. The predicted molar refractivity (Wildman–Crippen MR) is 84.4 cm³/mol. The molecule has 0 unspecified atom stereocenters. The lowest BCUT2D eigenvalue weighted by Gasteiger charge is -2.13. The van der Waals surface area contributed by atoms with Crippen LogP contribution in [0, 0.1) is 13.8 Å². The van der Waals surface area contributed by atoms with Crippen molar-refractivity contribution >= 4 is 11.0 Å². The van der Waals surface area contributed by atoms with E-state index in [9.17, 15) is 9.59 Å². The second kappa shape index (κ2) is 5.14. The van der Waals surface area contributed by atoms with Crippen LogP contribution >= 0.6 is 0 Å². The number of hydrogen-bond acceptors (Lipinski definition) is 4. The molecule has 3 rings (SSSR count). The number of H-pyrrole nitrogens is 2. The summed E-state index contributed by atoms with van der Waals surface area (Å²) in [5.41, 5.74) is 2.81. The second-order valence-electron chi connectivity index (χ2n) is 5.16. The highest BCUT2D eigenvalue weighted by molar-refractivity contribution is 5.80. The van der Waals surface area contributed by atoms with Gasteiger partial charge in [0.25, 0.3) is 5.56 Å². The van der Waals surface area contributed by atoms with Crippen molar-refractivity contribution in [2.45, 2.75) is 13.8 Å². The van der Waals surface area contributed by atoms with Crippen molar-refractivity contribution in [3.8, 4) is 17.0 Å². The van der Waals surface area contributed by atoms with E-state index < -0.39 is 11.2 Å². The first-order valence-corrected chi connectivity index (χ1v) is 6.78. The van der Waals surface area contributed by atoms with Gasteiger partial charge in [-0.15, -0.1) is 0 Å². The Morgan fingerprint density at radius 2 is 1.86 bits per heavy atom. The summed E-state index contributed by atoms with van der Waals surface area (Å²) in [6, 6.07) is 7.35. The molecular formula is C16H15N3O3. The van der Waals surface area contributed by atoms with Crippen LogP contribution in [-0.2, 0) is 0 Å². The topological polar surface area (TPSA) is 87.8 Å². The van der Waals surface area contributed by atoms with E-state index in [2.05, 4.69) is 15.0 Å². The van der Waals surface area contributed by atoms with E-state index in [4.69, 9.17) is 4.74 Å². The van der Waals surface area contributed by atoms with Gasteiger partial charge < -0.3 is 4.74 Å². The van der Waals surface area contributed by atoms with Gasteiger partial charge in [0.05, 0.1) is 18.2 Å². The summed E-state index contributed by atoms with van der Waals surface area (Å²) >= 11 is 0. The van der Waals surface area contributed by atoms with Crippen LogP contribution in [0.2, 0.25) is 0 Å². The number of aromatic nitrogens is 3. The van der Waals surface area contributed by atoms with Crippen LogP contribution in [-0.4, -0.2) is 22.1 Å². The van der Waals surface area contributed by atoms with Gasteiger partial charge in [-0.2, -0.15) is 0 Å². The standard InChI is InChI=1S/C16H15N3O3/c1-8-6-9(2)13(12(7-8)22-3)11-5-4-10-14(17-11)18-16(21)19-15(10)20/h4-7H,1-3H3,(H2,17,18,19,20,21). The summed E-state index contributed by atoms with van der Waals surface area (Å²) in [5, 5.41) is 0.340. The summed E-state index contributed by atoms with van der Waals surface area (Å²) in [5.74, 6) is 0.705. The van der Waals surface area contributed by atoms with E-state index in [0.717, 1.165) is 16.7 Å². The zero-order chi connectivity index (χ0) is 15.9. The number of benzene rings is 1. The van der Waals surface area contributed by atoms with Crippen LogP contribution < -0.4 is 16.0 Å². The second-order valence-corrected chi connectivity index (χ2v) is 5.16. The fourth-order valence-electron chi connectivity index (χ4n) is 2.60. The Morgan fingerprint density at radius 1 is 1.09 bits per heavy atom. The zero-order valence-corrected chi connectivity index (χ0v) is 12.5. The Balaban J connectivity index is 2.32. The summed E-state index contributed by atoms with van der Waals surface area (Å²) < 4.78 is 5.44. The molecule has 0 aliphatic rings. The molecule has 22 heavy (non-hydrogen) atoms. The Bertz CT molecular complexity index is 986. The quantitative estimate of drug-likeness (QED) is 0.756. The molecule has 0 saturated heterocycles. The largest absolute Gasteiger partial charge is 0.496 e. The zero-order valence-electron chi connectivity index (χ0n) is 12.5. The lowest BCUT2D eigenvalue weighted by molar-refractivity contribution is 0.415. The van der Waals surface area contributed by atoms with E-state index in [1.165, 1.54) is 0 Å². The van der Waals surface area contributed by atoms with Gasteiger partial charge in [-0.25, -0.2) is 9.78 Å². The molecule has 0 atom stereocenters. The molecule has 0 radical (unpaired) electrons. The summed E-state index contributed by atoms with van der Waals surface area (Å²) in [6.45, 7) is 3.96. The van der Waals surface area contributed by atoms with Crippen molar-refractivity contribution in [1.29, 1.82) is 0 Å². The van der Waals surface area contributed by atoms with E-state index in [1.54, 1.807) is 19.2 Å². The van der Waals surface area contributed by atoms with E-state index in [-0.39, 0.29) is 5.65 Å². The van der Waals surface area contributed by atoms with E-state index >= 15 is 0 Å². The minimum absolute atomic E-state index is 0.258. The molecule has 2 N–H and O–H groups in total. The smallest absolute Gasteiger partial charge is 0.327 e. The number of hydrogen-bond donors (Lipinski definition) is 2. The molecule has 112 valence electrons. The van der Waals surface area contributed by atoms with Gasteiger partial charge in [0.15, 0.2) is 0 Å². The molecule has 0 aliphatic heterocycles. The molecule has 0 aliphatic carbocycles. The molecule has 0 amide bonds. The molecule has 2 aromatic heterocycles. The Morgan fingerprint density at radius 3 is 2.59 bits per heavy atom. The number of rotatable bonds is 2. The van der Waals surface area contributed by atoms with Crippen LogP contribution in [0.4, 0.5) is 0 Å². The van der Waals surface area contributed by atoms with Gasteiger partial charge in [0.2, 0.25) is 0 Å². The average molecular weight is 297 g/mol. The lowest BCUT2D eigenvalue weighted by Crippen LogP contribution is -2.22. The summed E-state index contributed by atoms with van der Waals surface area (Å²) in [6.07, 6.45) is 0. The molecule has 3 aromatic rings. The normalized spacial score (nSPS) is 10.9. The van der Waals surface area contributed by atoms with E-state index in [0.29, 0.717) is 16.8 Å².